The maximum Gasteiger partial charge on any atom is 0.314 e. The van der Waals surface area contributed by atoms with Crippen LogP contribution in [0.4, 0.5) is 5.69 Å². The van der Waals surface area contributed by atoms with E-state index in [1.807, 2.05) is 26.8 Å². The van der Waals surface area contributed by atoms with Crippen molar-refractivity contribution >= 4 is 29.2 Å². The van der Waals surface area contributed by atoms with Crippen LogP contribution < -0.4 is 10.1 Å². The fourth-order valence-electron chi connectivity index (χ4n) is 2.73. The average molecular weight is 390 g/mol. The van der Waals surface area contributed by atoms with E-state index in [2.05, 4.69) is 5.32 Å². The summed E-state index contributed by atoms with van der Waals surface area (Å²) < 4.78 is 10.7. The summed E-state index contributed by atoms with van der Waals surface area (Å²) in [6.45, 7) is 5.84. The zero-order chi connectivity index (χ0) is 19.8. The standard InChI is InChI=1S/C21H24ClNO4/c1-4-26-18-8-6-5-7-17(18)23-19(24)13-27-21(25)20(14(2)3)15-9-11-16(22)12-10-15/h5-12,14,20H,4,13H2,1-3H3,(H,23,24)/t20-/m1/s1. The molecule has 1 atom stereocenters. The molecule has 0 fully saturated rings. The number of benzene rings is 2. The molecular weight excluding hydrogens is 366 g/mol. The number of ether oxygens (including phenoxy) is 2. The minimum Gasteiger partial charge on any atom is -0.492 e. The number of carbonyl (C=O) groups excluding carboxylic acids is 2. The molecule has 6 heteroatoms. The number of nitrogens with one attached hydrogen (secondary N) is 1. The first kappa shape index (κ1) is 20.8. The quantitative estimate of drug-likeness (QED) is 0.667. The first-order valence-corrected chi connectivity index (χ1v) is 9.24. The lowest BCUT2D eigenvalue weighted by molar-refractivity contribution is -0.149. The molecule has 2 rings (SSSR count). The monoisotopic (exact) mass is 389 g/mol. The highest BCUT2D eigenvalue weighted by molar-refractivity contribution is 6.30. The molecule has 2 aromatic carbocycles. The Morgan fingerprint density at radius 2 is 1.74 bits per heavy atom. The van der Waals surface area contributed by atoms with Crippen molar-refractivity contribution in [3.05, 3.63) is 59.1 Å². The lowest BCUT2D eigenvalue weighted by atomic mass is 9.88. The van der Waals surface area contributed by atoms with Crippen molar-refractivity contribution in [2.75, 3.05) is 18.5 Å². The molecule has 0 unspecified atom stereocenters. The molecule has 0 aliphatic rings. The van der Waals surface area contributed by atoms with Crippen molar-refractivity contribution in [3.8, 4) is 5.75 Å². The molecule has 2 aromatic rings. The van der Waals surface area contributed by atoms with Crippen LogP contribution in [0.2, 0.25) is 5.02 Å². The van der Waals surface area contributed by atoms with E-state index in [4.69, 9.17) is 21.1 Å². The Labute approximate surface area is 164 Å². The second-order valence-electron chi connectivity index (χ2n) is 6.36. The molecule has 0 aromatic heterocycles. The molecule has 0 saturated carbocycles. The molecule has 0 bridgehead atoms. The topological polar surface area (TPSA) is 64.6 Å². The minimum atomic E-state index is -0.467. The second kappa shape index (κ2) is 9.97. The van der Waals surface area contributed by atoms with Gasteiger partial charge in [0.25, 0.3) is 5.91 Å². The predicted octanol–water partition coefficient (Wildman–Crippen LogP) is 4.66. The second-order valence-corrected chi connectivity index (χ2v) is 6.79. The summed E-state index contributed by atoms with van der Waals surface area (Å²) in [7, 11) is 0. The summed E-state index contributed by atoms with van der Waals surface area (Å²) in [5.41, 5.74) is 1.35. The van der Waals surface area contributed by atoms with E-state index in [1.165, 1.54) is 0 Å². The van der Waals surface area contributed by atoms with Gasteiger partial charge < -0.3 is 14.8 Å². The molecule has 1 amide bonds. The van der Waals surface area contributed by atoms with Crippen LogP contribution in [0, 0.1) is 5.92 Å². The Balaban J connectivity index is 1.98. The Morgan fingerprint density at radius 3 is 2.37 bits per heavy atom. The molecule has 0 aliphatic carbocycles. The lowest BCUT2D eigenvalue weighted by Gasteiger charge is -2.20. The summed E-state index contributed by atoms with van der Waals surface area (Å²) in [4.78, 5) is 24.7. The number of hydrogen-bond acceptors (Lipinski definition) is 4. The molecule has 0 saturated heterocycles. The van der Waals surface area contributed by atoms with Gasteiger partial charge in [0.15, 0.2) is 6.61 Å². The van der Waals surface area contributed by atoms with Crippen LogP contribution in [0.3, 0.4) is 0 Å². The van der Waals surface area contributed by atoms with Gasteiger partial charge in [-0.1, -0.05) is 49.7 Å². The zero-order valence-electron chi connectivity index (χ0n) is 15.7. The van der Waals surface area contributed by atoms with E-state index >= 15 is 0 Å². The number of esters is 1. The summed E-state index contributed by atoms with van der Waals surface area (Å²) in [6.07, 6.45) is 0. The van der Waals surface area contributed by atoms with E-state index in [9.17, 15) is 9.59 Å². The summed E-state index contributed by atoms with van der Waals surface area (Å²) >= 11 is 5.91. The number of para-hydroxylation sites is 2. The van der Waals surface area contributed by atoms with Gasteiger partial charge >= 0.3 is 5.97 Å². The van der Waals surface area contributed by atoms with E-state index in [1.54, 1.807) is 42.5 Å². The number of anilines is 1. The summed E-state index contributed by atoms with van der Waals surface area (Å²) in [6, 6.07) is 14.2. The van der Waals surface area contributed by atoms with Gasteiger partial charge in [0.1, 0.15) is 5.75 Å². The van der Waals surface area contributed by atoms with Gasteiger partial charge in [-0.15, -0.1) is 0 Å². The van der Waals surface area contributed by atoms with Crippen molar-refractivity contribution in [1.29, 1.82) is 0 Å². The number of carbonyl (C=O) groups is 2. The summed E-state index contributed by atoms with van der Waals surface area (Å²) in [5, 5.41) is 3.31. The first-order chi connectivity index (χ1) is 12.9. The van der Waals surface area contributed by atoms with Crippen LogP contribution in [0.15, 0.2) is 48.5 Å². The van der Waals surface area contributed by atoms with Crippen molar-refractivity contribution < 1.29 is 19.1 Å². The van der Waals surface area contributed by atoms with Gasteiger partial charge in [0.05, 0.1) is 18.2 Å². The molecule has 27 heavy (non-hydrogen) atoms. The van der Waals surface area contributed by atoms with Crippen molar-refractivity contribution in [2.24, 2.45) is 5.92 Å². The zero-order valence-corrected chi connectivity index (χ0v) is 16.5. The largest absolute Gasteiger partial charge is 0.492 e. The Hall–Kier alpha value is -2.53. The molecule has 144 valence electrons. The van der Waals surface area contributed by atoms with Gasteiger partial charge in [-0.2, -0.15) is 0 Å². The molecule has 0 spiro atoms. The Bertz CT molecular complexity index is 774. The number of hydrogen-bond donors (Lipinski definition) is 1. The number of halogens is 1. The van der Waals surface area contributed by atoms with E-state index in [-0.39, 0.29) is 12.5 Å². The highest BCUT2D eigenvalue weighted by atomic mass is 35.5. The van der Waals surface area contributed by atoms with Gasteiger partial charge in [0.2, 0.25) is 0 Å². The third-order valence-electron chi connectivity index (χ3n) is 3.96. The van der Waals surface area contributed by atoms with Gasteiger partial charge in [-0.25, -0.2) is 0 Å². The van der Waals surface area contributed by atoms with Crippen LogP contribution >= 0.6 is 11.6 Å². The third kappa shape index (κ3) is 6.00. The molecule has 0 radical (unpaired) electrons. The van der Waals surface area contributed by atoms with Gasteiger partial charge in [-0.05, 0) is 42.7 Å². The van der Waals surface area contributed by atoms with Crippen LogP contribution in [0.25, 0.3) is 0 Å². The maximum atomic E-state index is 12.5. The van der Waals surface area contributed by atoms with E-state index in [0.29, 0.717) is 23.1 Å². The maximum absolute atomic E-state index is 12.5. The smallest absolute Gasteiger partial charge is 0.314 e. The van der Waals surface area contributed by atoms with Gasteiger partial charge in [0, 0.05) is 5.02 Å². The highest BCUT2D eigenvalue weighted by Crippen LogP contribution is 2.27. The number of amides is 1. The van der Waals surface area contributed by atoms with Crippen molar-refractivity contribution in [3.63, 3.8) is 0 Å². The predicted molar refractivity (Wildman–Crippen MR) is 106 cm³/mol. The number of rotatable bonds is 8. The van der Waals surface area contributed by atoms with Crippen LogP contribution in [0.1, 0.15) is 32.3 Å². The van der Waals surface area contributed by atoms with Gasteiger partial charge in [-0.3, -0.25) is 9.59 Å². The SMILES string of the molecule is CCOc1ccccc1NC(=O)COC(=O)[C@@H](c1ccc(Cl)cc1)C(C)C. The van der Waals surface area contributed by atoms with Crippen molar-refractivity contribution in [1.82, 2.24) is 0 Å². The average Bonchev–Trinajstić information content (AvgIpc) is 2.63. The normalized spacial score (nSPS) is 11.7. The highest BCUT2D eigenvalue weighted by Gasteiger charge is 2.26. The molecule has 0 heterocycles. The molecule has 5 nitrogen and oxygen atoms in total. The van der Waals surface area contributed by atoms with Crippen LogP contribution in [0.5, 0.6) is 5.75 Å². The molecule has 1 N–H and O–H groups in total. The third-order valence-corrected chi connectivity index (χ3v) is 4.21. The fourth-order valence-corrected chi connectivity index (χ4v) is 2.85. The summed E-state index contributed by atoms with van der Waals surface area (Å²) in [5.74, 6) is -0.748. The Kier molecular flexibility index (Phi) is 7.67. The van der Waals surface area contributed by atoms with Crippen LogP contribution in [-0.2, 0) is 14.3 Å². The van der Waals surface area contributed by atoms with E-state index < -0.39 is 17.8 Å². The van der Waals surface area contributed by atoms with E-state index in [0.717, 1.165) is 5.56 Å². The first-order valence-electron chi connectivity index (χ1n) is 8.86. The van der Waals surface area contributed by atoms with Crippen LogP contribution in [-0.4, -0.2) is 25.1 Å². The Morgan fingerprint density at radius 1 is 1.07 bits per heavy atom. The fraction of sp³-hybridized carbons (Fsp3) is 0.333. The molecule has 0 aliphatic heterocycles. The minimum absolute atomic E-state index is 0.0143. The lowest BCUT2D eigenvalue weighted by Crippen LogP contribution is -2.26. The van der Waals surface area contributed by atoms with Crippen molar-refractivity contribution in [2.45, 2.75) is 26.7 Å². The molecular formula is C21H24ClNO4.